The summed E-state index contributed by atoms with van der Waals surface area (Å²) in [5.74, 6) is 5.20. The van der Waals surface area contributed by atoms with Gasteiger partial charge in [0.2, 0.25) is 0 Å². The predicted molar refractivity (Wildman–Crippen MR) is 159 cm³/mol. The summed E-state index contributed by atoms with van der Waals surface area (Å²) in [5, 5.41) is 3.01. The number of allylic oxidation sites excluding steroid dienone is 1. The molecule has 0 bridgehead atoms. The second-order valence-corrected chi connectivity index (χ2v) is 15.5. The quantitative estimate of drug-likeness (QED) is 0.229. The van der Waals surface area contributed by atoms with E-state index in [1.54, 1.807) is 5.57 Å². The van der Waals surface area contributed by atoms with Crippen molar-refractivity contribution in [2.24, 2.45) is 46.3 Å². The minimum Gasteiger partial charge on any atom is -0.446 e. The van der Waals surface area contributed by atoms with E-state index < -0.39 is 0 Å². The number of likely N-dealkylation sites (N-methyl/N-ethyl adjacent to an activating group) is 1. The van der Waals surface area contributed by atoms with Crippen molar-refractivity contribution in [3.05, 3.63) is 11.6 Å². The number of fused-ring (bicyclic) bond motifs is 5. The number of rotatable bonds is 10. The molecular formula is C34H61N2O2+. The Kier molecular flexibility index (Phi) is 9.32. The molecule has 0 radical (unpaired) electrons. The van der Waals surface area contributed by atoms with Crippen LogP contribution >= 0.6 is 0 Å². The predicted octanol–water partition coefficient (Wildman–Crippen LogP) is 8.22. The summed E-state index contributed by atoms with van der Waals surface area (Å²) in [5.41, 5.74) is 2.46. The molecule has 4 heteroatoms. The molecule has 4 rings (SSSR count). The van der Waals surface area contributed by atoms with Crippen LogP contribution in [0, 0.1) is 46.3 Å². The topological polar surface area (TPSA) is 38.3 Å². The Morgan fingerprint density at radius 3 is 2.55 bits per heavy atom. The van der Waals surface area contributed by atoms with Gasteiger partial charge in [-0.2, -0.15) is 0 Å². The van der Waals surface area contributed by atoms with Crippen LogP contribution in [0.25, 0.3) is 0 Å². The van der Waals surface area contributed by atoms with Crippen LogP contribution in [0.1, 0.15) is 112 Å². The first-order valence-corrected chi connectivity index (χ1v) is 16.4. The lowest BCUT2D eigenvalue weighted by molar-refractivity contribution is -0.887. The first-order valence-electron chi connectivity index (χ1n) is 16.4. The Hall–Kier alpha value is -1.03. The van der Waals surface area contributed by atoms with Crippen molar-refractivity contribution in [2.75, 3.05) is 33.7 Å². The van der Waals surface area contributed by atoms with Crippen LogP contribution in [0.3, 0.4) is 0 Å². The highest BCUT2D eigenvalue weighted by atomic mass is 16.6. The molecule has 0 aromatic heterocycles. The molecule has 0 unspecified atom stereocenters. The van der Waals surface area contributed by atoms with E-state index in [1.165, 1.54) is 57.8 Å². The number of quaternary nitrogens is 1. The molecule has 4 aliphatic rings. The molecule has 0 aliphatic heterocycles. The lowest BCUT2D eigenvalue weighted by Gasteiger charge is -2.58. The molecule has 3 fully saturated rings. The molecule has 1 N–H and O–H groups in total. The highest BCUT2D eigenvalue weighted by Crippen LogP contribution is 2.67. The van der Waals surface area contributed by atoms with E-state index >= 15 is 0 Å². The van der Waals surface area contributed by atoms with Gasteiger partial charge in [0, 0.05) is 6.42 Å². The second kappa shape index (κ2) is 11.8. The monoisotopic (exact) mass is 529 g/mol. The third-order valence-electron chi connectivity index (χ3n) is 12.4. The highest BCUT2D eigenvalue weighted by Gasteiger charge is 2.59. The lowest BCUT2D eigenvalue weighted by atomic mass is 9.47. The smallest absolute Gasteiger partial charge is 0.407 e. The third kappa shape index (κ3) is 6.16. The Labute approximate surface area is 235 Å². The number of nitrogens with zero attached hydrogens (tertiary/aromatic N) is 1. The van der Waals surface area contributed by atoms with Gasteiger partial charge in [0.15, 0.2) is 0 Å². The fourth-order valence-corrected chi connectivity index (χ4v) is 9.56. The van der Waals surface area contributed by atoms with Gasteiger partial charge in [-0.3, -0.25) is 0 Å². The molecule has 0 aromatic rings. The fraction of sp³-hybridized carbons (Fsp3) is 0.912. The minimum atomic E-state index is -0.225. The van der Waals surface area contributed by atoms with E-state index in [9.17, 15) is 4.79 Å². The molecule has 3 saturated carbocycles. The standard InChI is InChI=1S/C34H60N2O2/c1-9-36(7,8)22-21-35-32(37)38-27-17-19-33(5)26(23-27)13-14-28-30-16-15-29(25(4)12-10-11-24(2)3)34(30,6)20-18-31(28)33/h13,24-25,27-31H,9-12,14-23H2,1-8H3/p+1/t25-,27+,28+,29-,30+,31+,33+,34-/m1/s1. The zero-order valence-electron chi connectivity index (χ0n) is 26.3. The molecule has 4 aliphatic carbocycles. The lowest BCUT2D eigenvalue weighted by Crippen LogP contribution is -2.51. The van der Waals surface area contributed by atoms with Crippen LogP contribution in [-0.4, -0.2) is 50.4 Å². The van der Waals surface area contributed by atoms with Crippen molar-refractivity contribution in [1.82, 2.24) is 5.32 Å². The largest absolute Gasteiger partial charge is 0.446 e. The Morgan fingerprint density at radius 1 is 1.08 bits per heavy atom. The molecule has 1 amide bonds. The Bertz CT molecular complexity index is 849. The molecule has 0 spiro atoms. The third-order valence-corrected chi connectivity index (χ3v) is 12.4. The van der Waals surface area contributed by atoms with Gasteiger partial charge in [-0.15, -0.1) is 0 Å². The van der Waals surface area contributed by atoms with Gasteiger partial charge in [-0.1, -0.05) is 65.5 Å². The molecular weight excluding hydrogens is 468 g/mol. The van der Waals surface area contributed by atoms with Gasteiger partial charge >= 0.3 is 6.09 Å². The van der Waals surface area contributed by atoms with Crippen molar-refractivity contribution >= 4 is 6.09 Å². The van der Waals surface area contributed by atoms with Crippen LogP contribution in [0.5, 0.6) is 0 Å². The zero-order valence-corrected chi connectivity index (χ0v) is 26.3. The van der Waals surface area contributed by atoms with Gasteiger partial charge in [-0.05, 0) is 98.2 Å². The molecule has 0 saturated heterocycles. The van der Waals surface area contributed by atoms with Crippen LogP contribution < -0.4 is 5.32 Å². The molecule has 0 heterocycles. The molecule has 38 heavy (non-hydrogen) atoms. The maximum Gasteiger partial charge on any atom is 0.407 e. The minimum absolute atomic E-state index is 0.0379. The normalized spacial score (nSPS) is 37.6. The number of hydrogen-bond acceptors (Lipinski definition) is 2. The number of carbonyl (C=O) groups excluding carboxylic acids is 1. The van der Waals surface area contributed by atoms with Crippen LogP contribution in [-0.2, 0) is 4.74 Å². The number of amides is 1. The van der Waals surface area contributed by atoms with Crippen LogP contribution in [0.15, 0.2) is 11.6 Å². The van der Waals surface area contributed by atoms with Gasteiger partial charge in [0.1, 0.15) is 6.10 Å². The number of hydrogen-bond donors (Lipinski definition) is 1. The van der Waals surface area contributed by atoms with Crippen LogP contribution in [0.4, 0.5) is 4.79 Å². The number of alkyl carbamates (subject to hydrolysis) is 1. The van der Waals surface area contributed by atoms with E-state index in [-0.39, 0.29) is 12.2 Å². The first-order chi connectivity index (χ1) is 17.9. The summed E-state index contributed by atoms with van der Waals surface area (Å²) in [4.78, 5) is 12.5. The number of ether oxygens (including phenoxy) is 1. The van der Waals surface area contributed by atoms with E-state index in [2.05, 4.69) is 67.0 Å². The summed E-state index contributed by atoms with van der Waals surface area (Å²) in [6, 6.07) is 0. The Balaban J connectivity index is 1.35. The number of carbonyl (C=O) groups is 1. The maximum atomic E-state index is 12.5. The van der Waals surface area contributed by atoms with Crippen molar-refractivity contribution < 1.29 is 14.0 Å². The SMILES string of the molecule is CC[N+](C)(C)CCNC(=O)O[C@H]1CC[C@@]2(C)C(=CC[C@H]3[C@@H]4CC[C@H]([C@H](C)CCCC(C)C)[C@@]4(C)CC[C@@H]32)C1. The van der Waals surface area contributed by atoms with Gasteiger partial charge in [-0.25, -0.2) is 4.79 Å². The molecule has 4 nitrogen and oxygen atoms in total. The maximum absolute atomic E-state index is 12.5. The molecule has 8 atom stereocenters. The van der Waals surface area contributed by atoms with Crippen LogP contribution in [0.2, 0.25) is 0 Å². The van der Waals surface area contributed by atoms with Gasteiger partial charge in [0.25, 0.3) is 0 Å². The highest BCUT2D eigenvalue weighted by molar-refractivity contribution is 5.67. The molecule has 0 aromatic carbocycles. The fourth-order valence-electron chi connectivity index (χ4n) is 9.56. The van der Waals surface area contributed by atoms with Crippen molar-refractivity contribution in [3.63, 3.8) is 0 Å². The summed E-state index contributed by atoms with van der Waals surface area (Å²) in [6.45, 7) is 17.4. The van der Waals surface area contributed by atoms with Crippen molar-refractivity contribution in [2.45, 2.75) is 118 Å². The van der Waals surface area contributed by atoms with E-state index in [0.29, 0.717) is 17.4 Å². The average Bonchev–Trinajstić information content (AvgIpc) is 3.21. The average molecular weight is 530 g/mol. The van der Waals surface area contributed by atoms with E-state index in [4.69, 9.17) is 4.74 Å². The molecule has 218 valence electrons. The summed E-state index contributed by atoms with van der Waals surface area (Å²) in [6.07, 6.45) is 16.8. The summed E-state index contributed by atoms with van der Waals surface area (Å²) in [7, 11) is 4.40. The van der Waals surface area contributed by atoms with E-state index in [0.717, 1.165) is 65.9 Å². The Morgan fingerprint density at radius 2 is 1.84 bits per heavy atom. The van der Waals surface area contributed by atoms with Crippen molar-refractivity contribution in [1.29, 1.82) is 0 Å². The van der Waals surface area contributed by atoms with E-state index in [1.807, 2.05) is 0 Å². The van der Waals surface area contributed by atoms with Gasteiger partial charge in [0.05, 0.1) is 33.7 Å². The first kappa shape index (κ1) is 29.9. The summed E-state index contributed by atoms with van der Waals surface area (Å²) >= 11 is 0. The van der Waals surface area contributed by atoms with Gasteiger partial charge < -0.3 is 14.5 Å². The van der Waals surface area contributed by atoms with Crippen molar-refractivity contribution in [3.8, 4) is 0 Å². The second-order valence-electron chi connectivity index (χ2n) is 15.5. The summed E-state index contributed by atoms with van der Waals surface area (Å²) < 4.78 is 6.86. The number of nitrogens with one attached hydrogen (secondary N) is 1. The zero-order chi connectivity index (χ0) is 27.7.